The fourth-order valence-electron chi connectivity index (χ4n) is 1.79. The topological polar surface area (TPSA) is 29.1 Å². The maximum Gasteiger partial charge on any atom is 0.217 e. The van der Waals surface area contributed by atoms with Crippen LogP contribution in [0, 0.1) is 5.92 Å². The lowest BCUT2D eigenvalue weighted by Gasteiger charge is -2.26. The zero-order valence-corrected chi connectivity index (χ0v) is 7.68. The maximum absolute atomic E-state index is 10.7. The number of hydrogen-bond donors (Lipinski definition) is 1. The van der Waals surface area contributed by atoms with Crippen molar-refractivity contribution >= 4 is 5.91 Å². The van der Waals surface area contributed by atoms with Crippen molar-refractivity contribution in [3.63, 3.8) is 0 Å². The van der Waals surface area contributed by atoms with Crippen molar-refractivity contribution in [3.8, 4) is 0 Å². The number of allylic oxidation sites excluding steroid dienone is 1. The molecule has 0 atom stereocenters. The highest BCUT2D eigenvalue weighted by Gasteiger charge is 2.18. The smallest absolute Gasteiger partial charge is 0.217 e. The number of carbonyl (C=O) groups excluding carboxylic acids is 1. The Morgan fingerprint density at radius 1 is 1.50 bits per heavy atom. The summed E-state index contributed by atoms with van der Waals surface area (Å²) in [5.74, 6) is 0.770. The molecular weight excluding hydrogens is 150 g/mol. The maximum atomic E-state index is 10.7. The van der Waals surface area contributed by atoms with E-state index in [0.29, 0.717) is 12.0 Å². The van der Waals surface area contributed by atoms with E-state index >= 15 is 0 Å². The molecule has 1 N–H and O–H groups in total. The van der Waals surface area contributed by atoms with Gasteiger partial charge in [0.2, 0.25) is 5.91 Å². The van der Waals surface area contributed by atoms with Crippen molar-refractivity contribution in [2.24, 2.45) is 5.92 Å². The molecule has 1 saturated carbocycles. The van der Waals surface area contributed by atoms with Gasteiger partial charge in [-0.25, -0.2) is 0 Å². The van der Waals surface area contributed by atoms with E-state index in [2.05, 4.69) is 11.9 Å². The number of amides is 1. The summed E-state index contributed by atoms with van der Waals surface area (Å²) in [4.78, 5) is 10.7. The molecule has 1 fully saturated rings. The Morgan fingerprint density at radius 3 is 2.50 bits per heavy atom. The minimum atomic E-state index is 0. The van der Waals surface area contributed by atoms with E-state index in [0.717, 1.165) is 12.8 Å². The Bertz CT molecular complexity index is 174. The van der Waals surface area contributed by atoms with Crippen molar-refractivity contribution in [2.45, 2.75) is 38.6 Å². The molecule has 12 heavy (non-hydrogen) atoms. The predicted octanol–water partition coefficient (Wildman–Crippen LogP) is 2.11. The minimum Gasteiger partial charge on any atom is -0.354 e. The average Bonchev–Trinajstić information content (AvgIpc) is 2.05. The molecule has 0 radical (unpaired) electrons. The molecule has 70 valence electrons. The van der Waals surface area contributed by atoms with Gasteiger partial charge in [0, 0.05) is 14.4 Å². The van der Waals surface area contributed by atoms with Gasteiger partial charge in [-0.3, -0.25) is 4.79 Å². The van der Waals surface area contributed by atoms with Crippen LogP contribution in [-0.2, 0) is 4.79 Å². The standard InChI is InChI=1S/C10H17NO.H2/c1-3-9-4-6-10(7-5-9)11-8(2)12;/h3,9-10H,1,4-7H2,2H3,(H,11,12);1H. The highest BCUT2D eigenvalue weighted by atomic mass is 16.1. The van der Waals surface area contributed by atoms with E-state index in [1.54, 1.807) is 6.92 Å². The number of hydrogen-bond acceptors (Lipinski definition) is 1. The Morgan fingerprint density at radius 2 is 2.08 bits per heavy atom. The molecule has 0 aromatic carbocycles. The lowest BCUT2D eigenvalue weighted by molar-refractivity contribution is -0.119. The van der Waals surface area contributed by atoms with Gasteiger partial charge in [-0.2, -0.15) is 0 Å². The molecule has 0 aliphatic heterocycles. The lowest BCUT2D eigenvalue weighted by atomic mass is 9.86. The van der Waals surface area contributed by atoms with Crippen molar-refractivity contribution in [2.75, 3.05) is 0 Å². The Kier molecular flexibility index (Phi) is 3.32. The Hall–Kier alpha value is -0.790. The van der Waals surface area contributed by atoms with Crippen molar-refractivity contribution < 1.29 is 6.22 Å². The van der Waals surface area contributed by atoms with Crippen LogP contribution >= 0.6 is 0 Å². The SMILES string of the molecule is C=CC1CCC(NC(C)=O)CC1.[HH]. The summed E-state index contributed by atoms with van der Waals surface area (Å²) in [7, 11) is 0. The Labute approximate surface area is 75.5 Å². The lowest BCUT2D eigenvalue weighted by Crippen LogP contribution is -2.35. The molecule has 0 bridgehead atoms. The first-order valence-corrected chi connectivity index (χ1v) is 4.62. The second-order valence-electron chi connectivity index (χ2n) is 3.55. The summed E-state index contributed by atoms with van der Waals surface area (Å²) < 4.78 is 0. The van der Waals surface area contributed by atoms with E-state index in [4.69, 9.17) is 0 Å². The molecule has 1 amide bonds. The van der Waals surface area contributed by atoms with Crippen LogP contribution in [-0.4, -0.2) is 11.9 Å². The summed E-state index contributed by atoms with van der Waals surface area (Å²) in [6, 6.07) is 0.415. The third-order valence-corrected chi connectivity index (χ3v) is 2.51. The molecule has 1 aliphatic carbocycles. The zero-order chi connectivity index (χ0) is 8.97. The molecule has 0 aromatic heterocycles. The summed E-state index contributed by atoms with van der Waals surface area (Å²) in [6.07, 6.45) is 6.60. The van der Waals surface area contributed by atoms with Crippen LogP contribution in [0.25, 0.3) is 0 Å². The van der Waals surface area contributed by atoms with Gasteiger partial charge in [-0.15, -0.1) is 6.58 Å². The van der Waals surface area contributed by atoms with Gasteiger partial charge in [0.1, 0.15) is 0 Å². The largest absolute Gasteiger partial charge is 0.354 e. The summed E-state index contributed by atoms with van der Waals surface area (Å²) >= 11 is 0. The van der Waals surface area contributed by atoms with E-state index in [1.807, 2.05) is 6.08 Å². The normalized spacial score (nSPS) is 29.4. The van der Waals surface area contributed by atoms with Gasteiger partial charge in [-0.05, 0) is 31.6 Å². The summed E-state index contributed by atoms with van der Waals surface area (Å²) in [5, 5.41) is 2.95. The Balaban J connectivity index is 0.00000144. The zero-order valence-electron chi connectivity index (χ0n) is 7.68. The molecule has 1 aliphatic rings. The molecule has 0 unspecified atom stereocenters. The molecule has 1 rings (SSSR count). The summed E-state index contributed by atoms with van der Waals surface area (Å²) in [5.41, 5.74) is 0. The van der Waals surface area contributed by atoms with Gasteiger partial charge >= 0.3 is 0 Å². The molecule has 2 heteroatoms. The average molecular weight is 169 g/mol. The van der Waals surface area contributed by atoms with Crippen LogP contribution in [0.4, 0.5) is 0 Å². The highest BCUT2D eigenvalue weighted by molar-refractivity contribution is 5.73. The fraction of sp³-hybridized carbons (Fsp3) is 0.700. The predicted molar refractivity (Wildman–Crippen MR) is 51.9 cm³/mol. The third-order valence-electron chi connectivity index (χ3n) is 2.51. The second kappa shape index (κ2) is 4.29. The van der Waals surface area contributed by atoms with Crippen LogP contribution in [0.3, 0.4) is 0 Å². The molecular formula is C10H19NO. The quantitative estimate of drug-likeness (QED) is 0.630. The monoisotopic (exact) mass is 169 g/mol. The first-order valence-electron chi connectivity index (χ1n) is 4.62. The second-order valence-corrected chi connectivity index (χ2v) is 3.55. The van der Waals surface area contributed by atoms with Gasteiger partial charge in [0.25, 0.3) is 0 Å². The fourth-order valence-corrected chi connectivity index (χ4v) is 1.79. The van der Waals surface area contributed by atoms with Crippen LogP contribution in [0.1, 0.15) is 34.0 Å². The van der Waals surface area contributed by atoms with Crippen LogP contribution in [0.5, 0.6) is 0 Å². The van der Waals surface area contributed by atoms with Gasteiger partial charge in [0.05, 0.1) is 0 Å². The highest BCUT2D eigenvalue weighted by Crippen LogP contribution is 2.24. The van der Waals surface area contributed by atoms with Gasteiger partial charge in [-0.1, -0.05) is 6.08 Å². The van der Waals surface area contributed by atoms with E-state index in [9.17, 15) is 4.79 Å². The number of carbonyl (C=O) groups is 1. The number of rotatable bonds is 2. The van der Waals surface area contributed by atoms with Crippen LogP contribution in [0.2, 0.25) is 0 Å². The van der Waals surface area contributed by atoms with Crippen molar-refractivity contribution in [1.82, 2.24) is 5.32 Å². The van der Waals surface area contributed by atoms with E-state index < -0.39 is 0 Å². The third kappa shape index (κ3) is 2.68. The van der Waals surface area contributed by atoms with E-state index in [-0.39, 0.29) is 7.33 Å². The minimum absolute atomic E-state index is 0. The summed E-state index contributed by atoms with van der Waals surface area (Å²) in [6.45, 7) is 5.37. The molecule has 2 nitrogen and oxygen atoms in total. The van der Waals surface area contributed by atoms with E-state index in [1.165, 1.54) is 12.8 Å². The van der Waals surface area contributed by atoms with Crippen molar-refractivity contribution in [3.05, 3.63) is 12.7 Å². The molecule has 0 spiro atoms. The molecule has 0 heterocycles. The van der Waals surface area contributed by atoms with Gasteiger partial charge in [0.15, 0.2) is 0 Å². The van der Waals surface area contributed by atoms with Gasteiger partial charge < -0.3 is 5.32 Å². The van der Waals surface area contributed by atoms with Crippen molar-refractivity contribution in [1.29, 1.82) is 0 Å². The van der Waals surface area contributed by atoms with Crippen LogP contribution < -0.4 is 5.32 Å². The van der Waals surface area contributed by atoms with Crippen LogP contribution in [0.15, 0.2) is 12.7 Å². The first kappa shape index (κ1) is 9.30. The first-order chi connectivity index (χ1) is 5.72. The number of nitrogens with one attached hydrogen (secondary N) is 1. The molecule has 0 saturated heterocycles. The molecule has 0 aromatic rings.